The van der Waals surface area contributed by atoms with Crippen molar-refractivity contribution in [2.24, 2.45) is 5.92 Å². The predicted octanol–water partition coefficient (Wildman–Crippen LogP) is 1.54. The Labute approximate surface area is 75.4 Å². The van der Waals surface area contributed by atoms with E-state index in [9.17, 15) is 0 Å². The van der Waals surface area contributed by atoms with Gasteiger partial charge in [-0.3, -0.25) is 0 Å². The number of hydrogen-bond acceptors (Lipinski definition) is 2. The number of rotatable bonds is 6. The maximum absolute atomic E-state index is 8.79. The topological polar surface area (TPSA) is 32.3 Å². The van der Waals surface area contributed by atoms with Gasteiger partial charge in [-0.2, -0.15) is 0 Å². The van der Waals surface area contributed by atoms with Gasteiger partial charge >= 0.3 is 0 Å². The molecule has 1 aliphatic rings. The monoisotopic (exact) mass is 171 g/mol. The van der Waals surface area contributed by atoms with Crippen LogP contribution in [0.25, 0.3) is 0 Å². The summed E-state index contributed by atoms with van der Waals surface area (Å²) in [5, 5.41) is 12.4. The lowest BCUT2D eigenvalue weighted by atomic mass is 10.1. The predicted molar refractivity (Wildman–Crippen MR) is 51.1 cm³/mol. The molecule has 0 heterocycles. The van der Waals surface area contributed by atoms with Crippen molar-refractivity contribution >= 4 is 0 Å². The van der Waals surface area contributed by atoms with E-state index in [0.717, 1.165) is 18.8 Å². The second-order valence-electron chi connectivity index (χ2n) is 3.91. The van der Waals surface area contributed by atoms with Crippen LogP contribution in [0.15, 0.2) is 0 Å². The molecule has 2 atom stereocenters. The van der Waals surface area contributed by atoms with Gasteiger partial charge in [0.05, 0.1) is 0 Å². The van der Waals surface area contributed by atoms with E-state index in [1.165, 1.54) is 12.8 Å². The molecule has 0 amide bonds. The van der Waals surface area contributed by atoms with Gasteiger partial charge in [-0.05, 0) is 38.5 Å². The van der Waals surface area contributed by atoms with Crippen molar-refractivity contribution in [3.8, 4) is 0 Å². The Morgan fingerprint density at radius 2 is 2.17 bits per heavy atom. The zero-order chi connectivity index (χ0) is 8.97. The van der Waals surface area contributed by atoms with Crippen LogP contribution in [0.3, 0.4) is 0 Å². The molecule has 0 aliphatic heterocycles. The zero-order valence-electron chi connectivity index (χ0n) is 8.21. The van der Waals surface area contributed by atoms with Crippen molar-refractivity contribution in [3.63, 3.8) is 0 Å². The second-order valence-corrected chi connectivity index (χ2v) is 3.91. The highest BCUT2D eigenvalue weighted by Gasteiger charge is 2.28. The highest BCUT2D eigenvalue weighted by Crippen LogP contribution is 2.32. The first-order valence-electron chi connectivity index (χ1n) is 5.14. The van der Waals surface area contributed by atoms with Crippen molar-refractivity contribution in [1.29, 1.82) is 0 Å². The molecule has 2 nitrogen and oxygen atoms in total. The molecular formula is C10H21NO. The van der Waals surface area contributed by atoms with Crippen molar-refractivity contribution in [1.82, 2.24) is 5.32 Å². The van der Waals surface area contributed by atoms with Gasteiger partial charge in [-0.1, -0.05) is 6.92 Å². The molecule has 12 heavy (non-hydrogen) atoms. The van der Waals surface area contributed by atoms with E-state index >= 15 is 0 Å². The van der Waals surface area contributed by atoms with Gasteiger partial charge in [-0.15, -0.1) is 0 Å². The Kier molecular flexibility index (Phi) is 4.02. The molecule has 0 aromatic rings. The van der Waals surface area contributed by atoms with Crippen molar-refractivity contribution in [2.45, 2.75) is 51.6 Å². The number of nitrogens with one attached hydrogen (secondary N) is 1. The van der Waals surface area contributed by atoms with Gasteiger partial charge in [-0.25, -0.2) is 0 Å². The fraction of sp³-hybridized carbons (Fsp3) is 1.00. The van der Waals surface area contributed by atoms with Crippen LogP contribution in [0.1, 0.15) is 39.5 Å². The Balaban J connectivity index is 2.15. The Morgan fingerprint density at radius 3 is 2.58 bits per heavy atom. The van der Waals surface area contributed by atoms with E-state index < -0.39 is 0 Å². The average Bonchev–Trinajstić information content (AvgIpc) is 2.85. The van der Waals surface area contributed by atoms with Gasteiger partial charge in [0.25, 0.3) is 0 Å². The fourth-order valence-corrected chi connectivity index (χ4v) is 1.67. The summed E-state index contributed by atoms with van der Waals surface area (Å²) in [4.78, 5) is 0. The van der Waals surface area contributed by atoms with Crippen LogP contribution in [-0.4, -0.2) is 23.8 Å². The smallest absolute Gasteiger partial charge is 0.0445 e. The molecule has 1 aliphatic carbocycles. The third-order valence-electron chi connectivity index (χ3n) is 2.80. The lowest BCUT2D eigenvalue weighted by molar-refractivity contribution is 0.254. The van der Waals surface area contributed by atoms with E-state index in [1.54, 1.807) is 0 Å². The van der Waals surface area contributed by atoms with E-state index in [1.807, 2.05) is 0 Å². The summed E-state index contributed by atoms with van der Waals surface area (Å²) in [6.45, 7) is 4.74. The Bertz CT molecular complexity index is 123. The van der Waals surface area contributed by atoms with E-state index in [4.69, 9.17) is 5.11 Å². The van der Waals surface area contributed by atoms with Crippen molar-refractivity contribution in [2.75, 3.05) is 6.61 Å². The van der Waals surface area contributed by atoms with Gasteiger partial charge < -0.3 is 10.4 Å². The van der Waals surface area contributed by atoms with Gasteiger partial charge in [0, 0.05) is 18.7 Å². The second kappa shape index (κ2) is 4.83. The molecule has 2 N–H and O–H groups in total. The molecule has 0 radical (unpaired) electrons. The van der Waals surface area contributed by atoms with Crippen LogP contribution in [0.4, 0.5) is 0 Å². The van der Waals surface area contributed by atoms with Crippen LogP contribution >= 0.6 is 0 Å². The minimum absolute atomic E-state index is 0.308. The summed E-state index contributed by atoms with van der Waals surface area (Å²) in [5.74, 6) is 0.915. The molecule has 0 bridgehead atoms. The summed E-state index contributed by atoms with van der Waals surface area (Å²) in [6.07, 6.45) is 4.80. The maximum Gasteiger partial charge on any atom is 0.0445 e. The summed E-state index contributed by atoms with van der Waals surface area (Å²) in [5.41, 5.74) is 0. The number of aliphatic hydroxyl groups excluding tert-OH is 1. The lowest BCUT2D eigenvalue weighted by Crippen LogP contribution is -2.37. The summed E-state index contributed by atoms with van der Waals surface area (Å²) < 4.78 is 0. The minimum atomic E-state index is 0.308. The molecule has 1 fully saturated rings. The molecule has 2 unspecified atom stereocenters. The molecule has 72 valence electrons. The van der Waals surface area contributed by atoms with E-state index in [2.05, 4.69) is 19.2 Å². The minimum Gasteiger partial charge on any atom is -0.396 e. The number of aliphatic hydroxyl groups is 1. The standard InChI is InChI=1S/C10H21NO/c1-3-10(6-7-12)11-8(2)9-4-5-9/h8-12H,3-7H2,1-2H3. The van der Waals surface area contributed by atoms with Crippen LogP contribution in [0.2, 0.25) is 0 Å². The Morgan fingerprint density at radius 1 is 1.50 bits per heavy atom. The molecular weight excluding hydrogens is 150 g/mol. The quantitative estimate of drug-likeness (QED) is 0.635. The highest BCUT2D eigenvalue weighted by atomic mass is 16.3. The summed E-state index contributed by atoms with van der Waals surface area (Å²) in [7, 11) is 0. The Hall–Kier alpha value is -0.0800. The van der Waals surface area contributed by atoms with Gasteiger partial charge in [0.15, 0.2) is 0 Å². The number of hydrogen-bond donors (Lipinski definition) is 2. The zero-order valence-corrected chi connectivity index (χ0v) is 8.21. The SMILES string of the molecule is CCC(CCO)NC(C)C1CC1. The van der Waals surface area contributed by atoms with Crippen LogP contribution in [-0.2, 0) is 0 Å². The largest absolute Gasteiger partial charge is 0.396 e. The summed E-state index contributed by atoms with van der Waals surface area (Å²) in [6, 6.07) is 1.17. The fourth-order valence-electron chi connectivity index (χ4n) is 1.67. The molecule has 1 saturated carbocycles. The molecule has 2 heteroatoms. The van der Waals surface area contributed by atoms with Crippen LogP contribution in [0.5, 0.6) is 0 Å². The van der Waals surface area contributed by atoms with E-state index in [-0.39, 0.29) is 0 Å². The van der Waals surface area contributed by atoms with Crippen molar-refractivity contribution < 1.29 is 5.11 Å². The first-order chi connectivity index (χ1) is 5.77. The third kappa shape index (κ3) is 3.11. The molecule has 0 aromatic heterocycles. The molecule has 0 aromatic carbocycles. The average molecular weight is 171 g/mol. The third-order valence-corrected chi connectivity index (χ3v) is 2.80. The highest BCUT2D eigenvalue weighted by molar-refractivity contribution is 4.85. The van der Waals surface area contributed by atoms with Crippen LogP contribution < -0.4 is 5.32 Å². The first kappa shape index (κ1) is 10.0. The molecule has 1 rings (SSSR count). The van der Waals surface area contributed by atoms with Gasteiger partial charge in [0.2, 0.25) is 0 Å². The van der Waals surface area contributed by atoms with Crippen molar-refractivity contribution in [3.05, 3.63) is 0 Å². The maximum atomic E-state index is 8.79. The van der Waals surface area contributed by atoms with Gasteiger partial charge in [0.1, 0.15) is 0 Å². The summed E-state index contributed by atoms with van der Waals surface area (Å²) >= 11 is 0. The normalized spacial score (nSPS) is 22.2. The molecule has 0 saturated heterocycles. The first-order valence-corrected chi connectivity index (χ1v) is 5.14. The van der Waals surface area contributed by atoms with E-state index in [0.29, 0.717) is 18.7 Å². The molecule has 0 spiro atoms. The lowest BCUT2D eigenvalue weighted by Gasteiger charge is -2.21. The van der Waals surface area contributed by atoms with Crippen LogP contribution in [0, 0.1) is 5.92 Å².